The van der Waals surface area contributed by atoms with E-state index in [1.165, 1.54) is 23.7 Å². The molecule has 1 unspecified atom stereocenters. The van der Waals surface area contributed by atoms with Crippen LogP contribution in [0.15, 0.2) is 53.0 Å². The summed E-state index contributed by atoms with van der Waals surface area (Å²) in [6.07, 6.45) is 2.91. The van der Waals surface area contributed by atoms with Gasteiger partial charge in [-0.05, 0) is 23.6 Å². The number of thiophene rings is 1. The van der Waals surface area contributed by atoms with Crippen molar-refractivity contribution in [3.8, 4) is 0 Å². The first-order chi connectivity index (χ1) is 10.6. The van der Waals surface area contributed by atoms with Gasteiger partial charge in [0.05, 0.1) is 12.8 Å². The van der Waals surface area contributed by atoms with Gasteiger partial charge in [0.2, 0.25) is 0 Å². The Kier molecular flexibility index (Phi) is 5.13. The van der Waals surface area contributed by atoms with Crippen LogP contribution in [0.1, 0.15) is 10.6 Å². The Morgan fingerprint density at radius 2 is 2.09 bits per heavy atom. The zero-order chi connectivity index (χ0) is 16.0. The summed E-state index contributed by atoms with van der Waals surface area (Å²) in [6, 6.07) is 6.78. The summed E-state index contributed by atoms with van der Waals surface area (Å²) >= 11 is 1.33. The van der Waals surface area contributed by atoms with E-state index in [2.05, 4.69) is 17.2 Å². The van der Waals surface area contributed by atoms with Crippen LogP contribution in [0.2, 0.25) is 0 Å². The summed E-state index contributed by atoms with van der Waals surface area (Å²) in [5, 5.41) is 17.5. The van der Waals surface area contributed by atoms with E-state index in [-0.39, 0.29) is 13.1 Å². The molecule has 2 rings (SSSR count). The van der Waals surface area contributed by atoms with Crippen LogP contribution in [0.25, 0.3) is 0 Å². The normalized spacial score (nSPS) is 13.1. The number of carbonyl (C=O) groups excluding carboxylic acids is 2. The number of furan rings is 1. The molecule has 0 spiro atoms. The first kappa shape index (κ1) is 16.0. The first-order valence-electron chi connectivity index (χ1n) is 6.55. The Hall–Kier alpha value is -2.38. The molecule has 0 aromatic carbocycles. The van der Waals surface area contributed by atoms with Crippen LogP contribution in [0.5, 0.6) is 0 Å². The molecule has 2 aromatic rings. The smallest absolute Gasteiger partial charge is 0.309 e. The van der Waals surface area contributed by atoms with Crippen LogP contribution in [-0.4, -0.2) is 30.0 Å². The average molecular weight is 320 g/mol. The molecule has 2 amide bonds. The molecular weight excluding hydrogens is 304 g/mol. The molecule has 22 heavy (non-hydrogen) atoms. The molecule has 0 radical (unpaired) electrons. The fourth-order valence-corrected chi connectivity index (χ4v) is 2.69. The van der Waals surface area contributed by atoms with Crippen molar-refractivity contribution < 1.29 is 19.1 Å². The standard InChI is InChI=1S/C15H16N2O4S/c1-2-7-16-13(18)14(19)17-10-15(20,11-5-3-8-21-11)12-6-4-9-22-12/h2-6,8-9,20H,1,7,10H2,(H,16,18)(H,17,19). The highest BCUT2D eigenvalue weighted by Crippen LogP contribution is 2.32. The third-order valence-corrected chi connectivity index (χ3v) is 4.00. The fraction of sp³-hybridized carbons (Fsp3) is 0.200. The van der Waals surface area contributed by atoms with Gasteiger partial charge < -0.3 is 20.2 Å². The van der Waals surface area contributed by atoms with Crippen molar-refractivity contribution in [1.82, 2.24) is 10.6 Å². The molecule has 3 N–H and O–H groups in total. The summed E-state index contributed by atoms with van der Waals surface area (Å²) in [5.41, 5.74) is -1.52. The molecular formula is C15H16N2O4S. The molecule has 0 saturated heterocycles. The summed E-state index contributed by atoms with van der Waals surface area (Å²) in [4.78, 5) is 23.9. The molecule has 0 aliphatic rings. The van der Waals surface area contributed by atoms with Crippen molar-refractivity contribution in [2.24, 2.45) is 0 Å². The highest BCUT2D eigenvalue weighted by molar-refractivity contribution is 7.10. The van der Waals surface area contributed by atoms with Gasteiger partial charge in [0.25, 0.3) is 0 Å². The lowest BCUT2D eigenvalue weighted by molar-refractivity contribution is -0.139. The molecule has 0 fully saturated rings. The van der Waals surface area contributed by atoms with Crippen molar-refractivity contribution in [3.05, 3.63) is 59.2 Å². The lowest BCUT2D eigenvalue weighted by Gasteiger charge is -2.25. The van der Waals surface area contributed by atoms with Gasteiger partial charge in [0, 0.05) is 11.4 Å². The van der Waals surface area contributed by atoms with E-state index in [4.69, 9.17) is 4.42 Å². The molecule has 2 aromatic heterocycles. The van der Waals surface area contributed by atoms with E-state index < -0.39 is 17.4 Å². The van der Waals surface area contributed by atoms with Crippen LogP contribution < -0.4 is 10.6 Å². The van der Waals surface area contributed by atoms with Gasteiger partial charge in [-0.1, -0.05) is 12.1 Å². The minimum Gasteiger partial charge on any atom is -0.466 e. The minimum absolute atomic E-state index is 0.179. The lowest BCUT2D eigenvalue weighted by Crippen LogP contribution is -2.46. The number of aliphatic hydroxyl groups is 1. The van der Waals surface area contributed by atoms with Gasteiger partial charge in [-0.15, -0.1) is 17.9 Å². The van der Waals surface area contributed by atoms with Crippen molar-refractivity contribution in [2.45, 2.75) is 5.60 Å². The van der Waals surface area contributed by atoms with Gasteiger partial charge in [0.1, 0.15) is 5.76 Å². The van der Waals surface area contributed by atoms with Crippen LogP contribution in [-0.2, 0) is 15.2 Å². The highest BCUT2D eigenvalue weighted by Gasteiger charge is 2.36. The molecule has 7 heteroatoms. The van der Waals surface area contributed by atoms with Crippen molar-refractivity contribution >= 4 is 23.2 Å². The van der Waals surface area contributed by atoms with E-state index in [1.54, 1.807) is 24.3 Å². The van der Waals surface area contributed by atoms with Gasteiger partial charge in [0.15, 0.2) is 5.60 Å². The Morgan fingerprint density at radius 3 is 2.68 bits per heavy atom. The second-order valence-corrected chi connectivity index (χ2v) is 5.44. The van der Waals surface area contributed by atoms with Crippen molar-refractivity contribution in [1.29, 1.82) is 0 Å². The third-order valence-electron chi connectivity index (χ3n) is 2.98. The Bertz CT molecular complexity index is 600. The minimum atomic E-state index is -1.52. The maximum Gasteiger partial charge on any atom is 0.309 e. The van der Waals surface area contributed by atoms with E-state index in [9.17, 15) is 14.7 Å². The summed E-state index contributed by atoms with van der Waals surface area (Å²) in [5.74, 6) is -1.32. The first-order valence-corrected chi connectivity index (χ1v) is 7.43. The maximum atomic E-state index is 11.7. The van der Waals surface area contributed by atoms with Gasteiger partial charge in [-0.25, -0.2) is 0 Å². The number of hydrogen-bond donors (Lipinski definition) is 3. The van der Waals surface area contributed by atoms with E-state index in [1.807, 2.05) is 5.38 Å². The molecule has 1 atom stereocenters. The van der Waals surface area contributed by atoms with Crippen molar-refractivity contribution in [2.75, 3.05) is 13.1 Å². The third kappa shape index (κ3) is 3.44. The summed E-state index contributed by atoms with van der Waals surface area (Å²) in [7, 11) is 0. The number of amides is 2. The second kappa shape index (κ2) is 7.06. The number of rotatable bonds is 6. The molecule has 0 aliphatic carbocycles. The van der Waals surface area contributed by atoms with E-state index in [0.717, 1.165) is 0 Å². The number of nitrogens with one attached hydrogen (secondary N) is 2. The van der Waals surface area contributed by atoms with Crippen LogP contribution in [0.4, 0.5) is 0 Å². The zero-order valence-corrected chi connectivity index (χ0v) is 12.6. The lowest BCUT2D eigenvalue weighted by atomic mass is 9.98. The topological polar surface area (TPSA) is 91.6 Å². The monoisotopic (exact) mass is 320 g/mol. The molecule has 0 saturated carbocycles. The van der Waals surface area contributed by atoms with Crippen molar-refractivity contribution in [3.63, 3.8) is 0 Å². The second-order valence-electron chi connectivity index (χ2n) is 4.50. The Morgan fingerprint density at radius 1 is 1.32 bits per heavy atom. The molecule has 0 bridgehead atoms. The Balaban J connectivity index is 2.11. The van der Waals surface area contributed by atoms with E-state index >= 15 is 0 Å². The van der Waals surface area contributed by atoms with Crippen LogP contribution in [0, 0.1) is 0 Å². The maximum absolute atomic E-state index is 11.7. The van der Waals surface area contributed by atoms with Crippen LogP contribution in [0.3, 0.4) is 0 Å². The summed E-state index contributed by atoms with van der Waals surface area (Å²) in [6.45, 7) is 3.46. The predicted molar refractivity (Wildman–Crippen MR) is 82.2 cm³/mol. The SMILES string of the molecule is C=CCNC(=O)C(=O)NCC(O)(c1ccco1)c1cccs1. The largest absolute Gasteiger partial charge is 0.466 e. The quantitative estimate of drug-likeness (QED) is 0.547. The number of hydrogen-bond acceptors (Lipinski definition) is 5. The van der Waals surface area contributed by atoms with Gasteiger partial charge >= 0.3 is 11.8 Å². The summed E-state index contributed by atoms with van der Waals surface area (Å²) < 4.78 is 5.27. The highest BCUT2D eigenvalue weighted by atomic mass is 32.1. The fourth-order valence-electron chi connectivity index (χ4n) is 1.86. The van der Waals surface area contributed by atoms with Gasteiger partial charge in [-0.2, -0.15) is 0 Å². The molecule has 6 nitrogen and oxygen atoms in total. The molecule has 0 aliphatic heterocycles. The number of carbonyl (C=O) groups is 2. The average Bonchev–Trinajstić information content (AvgIpc) is 3.22. The van der Waals surface area contributed by atoms with Gasteiger partial charge in [-0.3, -0.25) is 9.59 Å². The Labute approximate surface area is 131 Å². The zero-order valence-electron chi connectivity index (χ0n) is 11.7. The molecule has 116 valence electrons. The predicted octanol–water partition coefficient (Wildman–Crippen LogP) is 0.995. The van der Waals surface area contributed by atoms with Crippen LogP contribution >= 0.6 is 11.3 Å². The molecule has 2 heterocycles. The van der Waals surface area contributed by atoms with E-state index in [0.29, 0.717) is 10.6 Å².